The van der Waals surface area contributed by atoms with E-state index in [2.05, 4.69) is 25.7 Å². The van der Waals surface area contributed by atoms with Gasteiger partial charge in [0.25, 0.3) is 0 Å². The van der Waals surface area contributed by atoms with Crippen LogP contribution in [-0.4, -0.2) is 53.6 Å². The van der Waals surface area contributed by atoms with Gasteiger partial charge in [0.15, 0.2) is 0 Å². The molecule has 6 heteroatoms. The predicted molar refractivity (Wildman–Crippen MR) is 87.0 cm³/mol. The van der Waals surface area contributed by atoms with Crippen molar-refractivity contribution in [3.8, 4) is 0 Å². The Morgan fingerprint density at radius 2 is 1.88 bits per heavy atom. The molecule has 0 saturated carbocycles. The van der Waals surface area contributed by atoms with Gasteiger partial charge in [-0.2, -0.15) is 0 Å². The van der Waals surface area contributed by atoms with Crippen LogP contribution < -0.4 is 0 Å². The molecular weight excluding hydrogens is 311 g/mol. The fraction of sp³-hybridized carbons (Fsp3) is 0.556. The summed E-state index contributed by atoms with van der Waals surface area (Å²) in [4.78, 5) is 28.1. The van der Waals surface area contributed by atoms with Gasteiger partial charge in [0.2, 0.25) is 5.91 Å². The number of halogens is 1. The Labute approximate surface area is 141 Å². The van der Waals surface area contributed by atoms with Crippen LogP contribution in [0.15, 0.2) is 24.3 Å². The molecule has 0 radical (unpaired) electrons. The van der Waals surface area contributed by atoms with E-state index in [4.69, 9.17) is 4.74 Å². The number of imide groups is 1. The average Bonchev–Trinajstić information content (AvgIpc) is 3.13. The van der Waals surface area contributed by atoms with Crippen molar-refractivity contribution in [1.82, 2.24) is 9.80 Å². The summed E-state index contributed by atoms with van der Waals surface area (Å²) in [5.41, 5.74) is 0.841. The van der Waals surface area contributed by atoms with E-state index >= 15 is 0 Å². The fourth-order valence-corrected chi connectivity index (χ4v) is 3.44. The number of likely N-dealkylation sites (tertiary alicyclic amines) is 1. The number of benzene rings is 1. The Hall–Kier alpha value is -1.95. The van der Waals surface area contributed by atoms with E-state index in [1.807, 2.05) is 0 Å². The SMILES string of the molecule is CC(C)(C)N1CC(C(=O)N2CCOC2=O)C(c2ccc(F)cc2)C1. The lowest BCUT2D eigenvalue weighted by Crippen LogP contribution is -2.42. The Morgan fingerprint density at radius 3 is 2.42 bits per heavy atom. The average molecular weight is 334 g/mol. The van der Waals surface area contributed by atoms with Crippen LogP contribution in [-0.2, 0) is 9.53 Å². The smallest absolute Gasteiger partial charge is 0.416 e. The van der Waals surface area contributed by atoms with Crippen molar-refractivity contribution in [3.63, 3.8) is 0 Å². The van der Waals surface area contributed by atoms with E-state index in [9.17, 15) is 14.0 Å². The quantitative estimate of drug-likeness (QED) is 0.834. The predicted octanol–water partition coefficient (Wildman–Crippen LogP) is 2.62. The first-order chi connectivity index (χ1) is 11.3. The highest BCUT2D eigenvalue weighted by molar-refractivity contribution is 5.95. The summed E-state index contributed by atoms with van der Waals surface area (Å²) in [6.07, 6.45) is -0.563. The second-order valence-electron chi connectivity index (χ2n) is 7.44. The normalized spacial score (nSPS) is 25.2. The van der Waals surface area contributed by atoms with Gasteiger partial charge in [0.05, 0.1) is 12.5 Å². The lowest BCUT2D eigenvalue weighted by atomic mass is 9.88. The molecule has 0 aromatic heterocycles. The van der Waals surface area contributed by atoms with Crippen molar-refractivity contribution in [3.05, 3.63) is 35.6 Å². The molecule has 0 aliphatic carbocycles. The highest BCUT2D eigenvalue weighted by atomic mass is 19.1. The minimum absolute atomic E-state index is 0.0641. The van der Waals surface area contributed by atoms with Crippen molar-refractivity contribution >= 4 is 12.0 Å². The molecule has 2 fully saturated rings. The number of cyclic esters (lactones) is 1. The lowest BCUT2D eigenvalue weighted by Gasteiger charge is -2.31. The van der Waals surface area contributed by atoms with Crippen LogP contribution in [0.3, 0.4) is 0 Å². The maximum Gasteiger partial charge on any atom is 0.416 e. The molecule has 2 amide bonds. The summed E-state index contributed by atoms with van der Waals surface area (Å²) >= 11 is 0. The van der Waals surface area contributed by atoms with Gasteiger partial charge in [-0.25, -0.2) is 14.1 Å². The van der Waals surface area contributed by atoms with E-state index in [0.717, 1.165) is 5.56 Å². The van der Waals surface area contributed by atoms with Crippen LogP contribution in [0.4, 0.5) is 9.18 Å². The molecule has 24 heavy (non-hydrogen) atoms. The Morgan fingerprint density at radius 1 is 1.21 bits per heavy atom. The summed E-state index contributed by atoms with van der Waals surface area (Å²) in [7, 11) is 0. The van der Waals surface area contributed by atoms with E-state index in [0.29, 0.717) is 19.6 Å². The monoisotopic (exact) mass is 334 g/mol. The zero-order valence-corrected chi connectivity index (χ0v) is 14.3. The highest BCUT2D eigenvalue weighted by Gasteiger charge is 2.45. The van der Waals surface area contributed by atoms with Crippen LogP contribution in [0.2, 0.25) is 0 Å². The molecule has 0 N–H and O–H groups in total. The van der Waals surface area contributed by atoms with Gasteiger partial charge >= 0.3 is 6.09 Å². The molecule has 1 aromatic rings. The molecule has 2 atom stereocenters. The van der Waals surface area contributed by atoms with E-state index < -0.39 is 6.09 Å². The summed E-state index contributed by atoms with van der Waals surface area (Å²) in [6, 6.07) is 6.30. The molecule has 0 bridgehead atoms. The number of hydrogen-bond acceptors (Lipinski definition) is 4. The molecule has 2 saturated heterocycles. The largest absolute Gasteiger partial charge is 0.447 e. The number of hydrogen-bond donors (Lipinski definition) is 0. The first-order valence-corrected chi connectivity index (χ1v) is 8.26. The van der Waals surface area contributed by atoms with Crippen molar-refractivity contribution < 1.29 is 18.7 Å². The minimum Gasteiger partial charge on any atom is -0.447 e. The maximum absolute atomic E-state index is 13.2. The Balaban J connectivity index is 1.89. The summed E-state index contributed by atoms with van der Waals surface area (Å²) in [5, 5.41) is 0. The van der Waals surface area contributed by atoms with Crippen LogP contribution >= 0.6 is 0 Å². The molecule has 2 aliphatic heterocycles. The molecule has 3 rings (SSSR count). The van der Waals surface area contributed by atoms with E-state index in [1.54, 1.807) is 12.1 Å². The third kappa shape index (κ3) is 3.15. The number of rotatable bonds is 2. The fourth-order valence-electron chi connectivity index (χ4n) is 3.44. The van der Waals surface area contributed by atoms with Gasteiger partial charge in [-0.05, 0) is 38.5 Å². The van der Waals surface area contributed by atoms with E-state index in [1.165, 1.54) is 17.0 Å². The van der Waals surface area contributed by atoms with Gasteiger partial charge in [-0.15, -0.1) is 0 Å². The number of nitrogens with zero attached hydrogens (tertiary/aromatic N) is 2. The van der Waals surface area contributed by atoms with Crippen LogP contribution in [0, 0.1) is 11.7 Å². The molecule has 5 nitrogen and oxygen atoms in total. The zero-order chi connectivity index (χ0) is 17.5. The molecule has 1 aromatic carbocycles. The van der Waals surface area contributed by atoms with Crippen molar-refractivity contribution in [1.29, 1.82) is 0 Å². The number of carbonyl (C=O) groups is 2. The third-order valence-electron chi connectivity index (χ3n) is 4.91. The summed E-state index contributed by atoms with van der Waals surface area (Å²) in [5.74, 6) is -0.889. The number of carbonyl (C=O) groups excluding carboxylic acids is 2. The first kappa shape index (κ1) is 16.9. The third-order valence-corrected chi connectivity index (χ3v) is 4.91. The van der Waals surface area contributed by atoms with Crippen LogP contribution in [0.25, 0.3) is 0 Å². The van der Waals surface area contributed by atoms with Gasteiger partial charge < -0.3 is 4.74 Å². The van der Waals surface area contributed by atoms with E-state index in [-0.39, 0.29) is 35.7 Å². The van der Waals surface area contributed by atoms with Crippen LogP contribution in [0.5, 0.6) is 0 Å². The topological polar surface area (TPSA) is 49.9 Å². The molecule has 2 heterocycles. The van der Waals surface area contributed by atoms with Crippen LogP contribution in [0.1, 0.15) is 32.3 Å². The first-order valence-electron chi connectivity index (χ1n) is 8.26. The molecule has 2 aliphatic rings. The van der Waals surface area contributed by atoms with Gasteiger partial charge in [-0.1, -0.05) is 12.1 Å². The van der Waals surface area contributed by atoms with Crippen molar-refractivity contribution in [2.45, 2.75) is 32.2 Å². The lowest BCUT2D eigenvalue weighted by molar-refractivity contribution is -0.132. The standard InChI is InChI=1S/C18H23FN2O3/c1-18(2,3)20-10-14(12-4-6-13(19)7-5-12)15(11-20)16(22)21-8-9-24-17(21)23/h4-7,14-15H,8-11H2,1-3H3. The maximum atomic E-state index is 13.2. The summed E-state index contributed by atoms with van der Waals surface area (Å²) in [6.45, 7) is 8.15. The Kier molecular flexibility index (Phi) is 4.34. The summed E-state index contributed by atoms with van der Waals surface area (Å²) < 4.78 is 18.1. The van der Waals surface area contributed by atoms with Crippen molar-refractivity contribution in [2.24, 2.45) is 5.92 Å². The zero-order valence-electron chi connectivity index (χ0n) is 14.3. The molecule has 2 unspecified atom stereocenters. The minimum atomic E-state index is -0.563. The molecular formula is C18H23FN2O3. The highest BCUT2D eigenvalue weighted by Crippen LogP contribution is 2.37. The number of amides is 2. The van der Waals surface area contributed by atoms with Gasteiger partial charge in [0.1, 0.15) is 12.4 Å². The second-order valence-corrected chi connectivity index (χ2v) is 7.44. The number of ether oxygens (including phenoxy) is 1. The molecule has 130 valence electrons. The van der Waals surface area contributed by atoms with Crippen molar-refractivity contribution in [2.75, 3.05) is 26.2 Å². The Bertz CT molecular complexity index is 639. The second kappa shape index (κ2) is 6.16. The van der Waals surface area contributed by atoms with Gasteiger partial charge in [-0.3, -0.25) is 9.69 Å². The van der Waals surface area contributed by atoms with Gasteiger partial charge in [0, 0.05) is 24.5 Å². The molecule has 0 spiro atoms.